The number of likely N-dealkylation sites (N-methyl/N-ethyl adjacent to an activating group) is 1. The minimum atomic E-state index is -0.574. The molecule has 0 bridgehead atoms. The molecule has 3 aromatic rings. The summed E-state index contributed by atoms with van der Waals surface area (Å²) in [6, 6.07) is 6.52. The fourth-order valence-corrected chi connectivity index (χ4v) is 4.23. The van der Waals surface area contributed by atoms with Crippen LogP contribution < -0.4 is 19.9 Å². The lowest BCUT2D eigenvalue weighted by atomic mass is 10.1. The fourth-order valence-electron chi connectivity index (χ4n) is 4.23. The number of hydrogen-bond donors (Lipinski definition) is 1. The van der Waals surface area contributed by atoms with E-state index in [9.17, 15) is 9.59 Å². The number of nitrogens with one attached hydrogen (secondary N) is 1. The van der Waals surface area contributed by atoms with Crippen LogP contribution in [0.5, 0.6) is 5.75 Å². The summed E-state index contributed by atoms with van der Waals surface area (Å²) in [6.45, 7) is 9.06. The van der Waals surface area contributed by atoms with E-state index in [2.05, 4.69) is 32.2 Å². The number of carbonyl (C=O) groups is 2. The average Bonchev–Trinajstić information content (AvgIpc) is 3.08. The number of aryl methyl sites for hydroxylation is 2. The first-order valence-electron chi connectivity index (χ1n) is 11.4. The Bertz CT molecular complexity index is 1200. The second kappa shape index (κ2) is 9.68. The van der Waals surface area contributed by atoms with Gasteiger partial charge in [-0.15, -0.1) is 0 Å². The van der Waals surface area contributed by atoms with Crippen molar-refractivity contribution < 1.29 is 14.3 Å². The number of hydrogen-bond acceptors (Lipinski definition) is 7. The van der Waals surface area contributed by atoms with Crippen molar-refractivity contribution >= 4 is 40.5 Å². The van der Waals surface area contributed by atoms with Crippen molar-refractivity contribution in [3.63, 3.8) is 0 Å². The number of aromatic nitrogens is 3. The van der Waals surface area contributed by atoms with Gasteiger partial charge in [0.1, 0.15) is 5.75 Å². The van der Waals surface area contributed by atoms with Gasteiger partial charge in [0.2, 0.25) is 6.41 Å². The van der Waals surface area contributed by atoms with Crippen LogP contribution >= 0.6 is 0 Å². The molecular formula is C24H31N7O3. The number of carbonyl (C=O) groups excluding carboxylic acids is 2. The van der Waals surface area contributed by atoms with Gasteiger partial charge in [-0.1, -0.05) is 6.07 Å². The van der Waals surface area contributed by atoms with E-state index in [1.165, 1.54) is 0 Å². The number of fused-ring (bicyclic) bond motifs is 1. The third kappa shape index (κ3) is 4.67. The van der Waals surface area contributed by atoms with Crippen molar-refractivity contribution in [2.75, 3.05) is 48.3 Å². The van der Waals surface area contributed by atoms with Gasteiger partial charge in [-0.05, 0) is 40.0 Å². The van der Waals surface area contributed by atoms with E-state index in [-0.39, 0.29) is 6.10 Å². The molecule has 10 nitrogen and oxygen atoms in total. The van der Waals surface area contributed by atoms with Crippen LogP contribution in [0.1, 0.15) is 19.5 Å². The molecule has 0 atom stereocenters. The predicted octanol–water partition coefficient (Wildman–Crippen LogP) is 3.01. The first kappa shape index (κ1) is 23.5. The van der Waals surface area contributed by atoms with E-state index in [0.29, 0.717) is 29.2 Å². The maximum atomic E-state index is 13.3. The Morgan fingerprint density at radius 2 is 1.94 bits per heavy atom. The van der Waals surface area contributed by atoms with E-state index in [0.717, 1.165) is 47.8 Å². The minimum absolute atomic E-state index is 0.00379. The van der Waals surface area contributed by atoms with Gasteiger partial charge in [-0.2, -0.15) is 5.10 Å². The van der Waals surface area contributed by atoms with Gasteiger partial charge in [0.25, 0.3) is 0 Å². The molecule has 1 N–H and O–H groups in total. The summed E-state index contributed by atoms with van der Waals surface area (Å²) >= 11 is 0. The summed E-state index contributed by atoms with van der Waals surface area (Å²) in [6.07, 6.45) is 2.10. The van der Waals surface area contributed by atoms with Gasteiger partial charge in [0, 0.05) is 45.0 Å². The van der Waals surface area contributed by atoms with Crippen molar-refractivity contribution in [3.8, 4) is 5.75 Å². The lowest BCUT2D eigenvalue weighted by Gasteiger charge is -2.36. The maximum absolute atomic E-state index is 13.3. The number of piperazine rings is 1. The van der Waals surface area contributed by atoms with Crippen LogP contribution in [0.4, 0.5) is 21.9 Å². The van der Waals surface area contributed by atoms with Crippen molar-refractivity contribution in [3.05, 3.63) is 36.2 Å². The zero-order chi connectivity index (χ0) is 24.4. The summed E-state index contributed by atoms with van der Waals surface area (Å²) in [5.74, 6) is 0.637. The fraction of sp³-hybridized carbons (Fsp3) is 0.417. The summed E-state index contributed by atoms with van der Waals surface area (Å²) in [7, 11) is 3.92. The highest BCUT2D eigenvalue weighted by Gasteiger charge is 2.28. The van der Waals surface area contributed by atoms with E-state index in [4.69, 9.17) is 4.74 Å². The molecule has 1 saturated heterocycles. The Kier molecular flexibility index (Phi) is 6.69. The predicted molar refractivity (Wildman–Crippen MR) is 133 cm³/mol. The van der Waals surface area contributed by atoms with Crippen LogP contribution in [0.25, 0.3) is 11.0 Å². The molecule has 180 valence electrons. The molecule has 2 aromatic heterocycles. The molecule has 10 heteroatoms. The summed E-state index contributed by atoms with van der Waals surface area (Å²) in [4.78, 5) is 35.6. The van der Waals surface area contributed by atoms with Crippen molar-refractivity contribution in [1.82, 2.24) is 19.7 Å². The molecule has 3 heterocycles. The monoisotopic (exact) mass is 465 g/mol. The second-order valence-electron chi connectivity index (χ2n) is 8.79. The molecule has 0 aliphatic carbocycles. The molecule has 1 aliphatic heterocycles. The Morgan fingerprint density at radius 1 is 1.21 bits per heavy atom. The largest absolute Gasteiger partial charge is 0.491 e. The molecule has 34 heavy (non-hydrogen) atoms. The number of benzene rings is 1. The number of rotatable bonds is 6. The molecule has 0 saturated carbocycles. The lowest BCUT2D eigenvalue weighted by molar-refractivity contribution is -0.106. The normalized spacial score (nSPS) is 14.5. The smallest absolute Gasteiger partial charge is 0.333 e. The molecule has 0 spiro atoms. The van der Waals surface area contributed by atoms with E-state index < -0.39 is 6.03 Å². The van der Waals surface area contributed by atoms with Gasteiger partial charge in [0.05, 0.1) is 34.8 Å². The average molecular weight is 466 g/mol. The quantitative estimate of drug-likeness (QED) is 0.559. The number of anilines is 3. The highest BCUT2D eigenvalue weighted by molar-refractivity contribution is 6.16. The van der Waals surface area contributed by atoms with Crippen LogP contribution in [-0.4, -0.2) is 71.4 Å². The topological polar surface area (TPSA) is 95.8 Å². The van der Waals surface area contributed by atoms with Crippen LogP contribution in [0.2, 0.25) is 0 Å². The van der Waals surface area contributed by atoms with Crippen LogP contribution in [0, 0.1) is 6.92 Å². The van der Waals surface area contributed by atoms with Crippen molar-refractivity contribution in [1.29, 1.82) is 0 Å². The van der Waals surface area contributed by atoms with Crippen molar-refractivity contribution in [2.45, 2.75) is 26.9 Å². The third-order valence-corrected chi connectivity index (χ3v) is 5.84. The van der Waals surface area contributed by atoms with Gasteiger partial charge in [-0.25, -0.2) is 14.7 Å². The van der Waals surface area contributed by atoms with E-state index in [1.807, 2.05) is 33.9 Å². The number of nitrogens with zero attached hydrogens (tertiary/aromatic N) is 6. The summed E-state index contributed by atoms with van der Waals surface area (Å²) < 4.78 is 7.44. The molecule has 1 aromatic carbocycles. The summed E-state index contributed by atoms with van der Waals surface area (Å²) in [5.41, 5.74) is 3.26. The zero-order valence-electron chi connectivity index (χ0n) is 20.3. The highest BCUT2D eigenvalue weighted by Crippen LogP contribution is 2.38. The Hall–Kier alpha value is -3.66. The van der Waals surface area contributed by atoms with Gasteiger partial charge < -0.3 is 19.9 Å². The number of imide groups is 1. The summed E-state index contributed by atoms with van der Waals surface area (Å²) in [5, 5.41) is 8.18. The number of amides is 3. The SMILES string of the molecule is Cc1nn(C)c2ncc(N(C=O)C(=O)Nc3cccc(OC(C)C)c3)c(N3CCN(C)CC3)c12. The number of pyridine rings is 1. The van der Waals surface area contributed by atoms with Crippen LogP contribution in [0.3, 0.4) is 0 Å². The molecule has 0 radical (unpaired) electrons. The second-order valence-corrected chi connectivity index (χ2v) is 8.79. The Balaban J connectivity index is 1.72. The van der Waals surface area contributed by atoms with E-state index in [1.54, 1.807) is 29.1 Å². The molecule has 1 aliphatic rings. The molecular weight excluding hydrogens is 434 g/mol. The third-order valence-electron chi connectivity index (χ3n) is 5.84. The number of urea groups is 1. The highest BCUT2D eigenvalue weighted by atomic mass is 16.5. The van der Waals surface area contributed by atoms with Crippen molar-refractivity contribution in [2.24, 2.45) is 7.05 Å². The minimum Gasteiger partial charge on any atom is -0.491 e. The van der Waals surface area contributed by atoms with E-state index >= 15 is 0 Å². The first-order valence-corrected chi connectivity index (χ1v) is 11.4. The molecule has 0 unspecified atom stereocenters. The zero-order valence-corrected chi connectivity index (χ0v) is 20.3. The lowest BCUT2D eigenvalue weighted by Crippen LogP contribution is -2.45. The molecule has 1 fully saturated rings. The first-order chi connectivity index (χ1) is 16.3. The Morgan fingerprint density at radius 3 is 2.62 bits per heavy atom. The number of ether oxygens (including phenoxy) is 1. The maximum Gasteiger partial charge on any atom is 0.333 e. The van der Waals surface area contributed by atoms with Gasteiger partial charge in [-0.3, -0.25) is 9.48 Å². The standard InChI is InChI=1S/C24H31N7O3/c1-16(2)34-19-8-6-7-18(13-19)26-24(33)31(15-32)20-14-25-23-21(17(3)27-29(23)5)22(20)30-11-9-28(4)10-12-30/h6-8,13-16H,9-12H2,1-5H3,(H,26,33). The van der Waals surface area contributed by atoms with Gasteiger partial charge >= 0.3 is 6.03 Å². The van der Waals surface area contributed by atoms with Crippen LogP contribution in [-0.2, 0) is 11.8 Å². The Labute approximate surface area is 199 Å². The van der Waals surface area contributed by atoms with Crippen LogP contribution in [0.15, 0.2) is 30.5 Å². The molecule has 4 rings (SSSR count). The van der Waals surface area contributed by atoms with Gasteiger partial charge in [0.15, 0.2) is 5.65 Å². The molecule has 3 amide bonds.